The Morgan fingerprint density at radius 3 is 2.00 bits per heavy atom. The van der Waals surface area contributed by atoms with Gasteiger partial charge < -0.3 is 5.32 Å². The highest BCUT2D eigenvalue weighted by atomic mass is 32.2. The predicted molar refractivity (Wildman–Crippen MR) is 114 cm³/mol. The Labute approximate surface area is 180 Å². The van der Waals surface area contributed by atoms with Crippen LogP contribution in [-0.4, -0.2) is 54.5 Å². The molecule has 0 saturated carbocycles. The molecule has 1 N–H and O–H groups in total. The maximum atomic E-state index is 12.7. The number of carbonyl (C=O) groups excluding carboxylic acids is 3. The van der Waals surface area contributed by atoms with E-state index >= 15 is 0 Å². The highest BCUT2D eigenvalue weighted by Gasteiger charge is 2.40. The first kappa shape index (κ1) is 21.2. The number of carbonyl (C=O) groups is 3. The summed E-state index contributed by atoms with van der Waals surface area (Å²) in [4.78, 5) is 38.9. The lowest BCUT2D eigenvalue weighted by atomic mass is 10.1. The maximum absolute atomic E-state index is 12.7. The van der Waals surface area contributed by atoms with Crippen LogP contribution < -0.4 is 5.32 Å². The van der Waals surface area contributed by atoms with E-state index in [1.807, 2.05) is 0 Å². The van der Waals surface area contributed by atoms with Gasteiger partial charge in [0, 0.05) is 18.8 Å². The summed E-state index contributed by atoms with van der Waals surface area (Å²) in [5.74, 6) is -1.56. The molecule has 2 aliphatic heterocycles. The molecule has 9 heteroatoms. The van der Waals surface area contributed by atoms with Gasteiger partial charge in [0.1, 0.15) is 6.04 Å². The molecule has 0 aliphatic carbocycles. The number of hydrogen-bond donors (Lipinski definition) is 1. The van der Waals surface area contributed by atoms with Crippen LogP contribution in [0.3, 0.4) is 0 Å². The number of sulfonamides is 1. The molecule has 1 atom stereocenters. The molecule has 31 heavy (non-hydrogen) atoms. The topological polar surface area (TPSA) is 104 Å². The molecule has 0 bridgehead atoms. The van der Waals surface area contributed by atoms with Crippen molar-refractivity contribution < 1.29 is 22.8 Å². The molecule has 2 aromatic carbocycles. The number of amides is 3. The average Bonchev–Trinajstić information content (AvgIpc) is 3.04. The summed E-state index contributed by atoms with van der Waals surface area (Å²) in [7, 11) is -3.56. The van der Waals surface area contributed by atoms with E-state index in [1.165, 1.54) is 35.5 Å². The molecule has 8 nitrogen and oxygen atoms in total. The number of hydrogen-bond acceptors (Lipinski definition) is 5. The van der Waals surface area contributed by atoms with Crippen molar-refractivity contribution in [3.63, 3.8) is 0 Å². The van der Waals surface area contributed by atoms with Crippen molar-refractivity contribution in [1.29, 1.82) is 0 Å². The van der Waals surface area contributed by atoms with Gasteiger partial charge in [-0.05, 0) is 56.2 Å². The third-order valence-electron chi connectivity index (χ3n) is 5.67. The number of rotatable bonds is 5. The largest absolute Gasteiger partial charge is 0.324 e. The lowest BCUT2D eigenvalue weighted by molar-refractivity contribution is -0.119. The normalized spacial score (nSPS) is 18.0. The standard InChI is InChI=1S/C22H23N3O5S/c1-15(25-21(27)18-7-3-4-8-19(18)22(25)28)20(26)23-16-9-11-17(12-10-16)31(29,30)24-13-5-2-6-14-24/h3-4,7-12,15H,2,5-6,13-14H2,1H3,(H,23,26). The molecule has 0 aromatic heterocycles. The summed E-state index contributed by atoms with van der Waals surface area (Å²) in [5, 5.41) is 2.65. The Hall–Kier alpha value is -3.04. The number of nitrogens with one attached hydrogen (secondary N) is 1. The Morgan fingerprint density at radius 2 is 1.45 bits per heavy atom. The zero-order valence-corrected chi connectivity index (χ0v) is 17.9. The first-order chi connectivity index (χ1) is 14.8. The molecule has 0 spiro atoms. The lowest BCUT2D eigenvalue weighted by Crippen LogP contribution is -2.45. The van der Waals surface area contributed by atoms with E-state index in [4.69, 9.17) is 0 Å². The first-order valence-corrected chi connectivity index (χ1v) is 11.6. The van der Waals surface area contributed by atoms with E-state index in [1.54, 1.807) is 24.3 Å². The monoisotopic (exact) mass is 441 g/mol. The minimum Gasteiger partial charge on any atom is -0.324 e. The maximum Gasteiger partial charge on any atom is 0.262 e. The van der Waals surface area contributed by atoms with Crippen molar-refractivity contribution in [1.82, 2.24) is 9.21 Å². The van der Waals surface area contributed by atoms with E-state index < -0.39 is 33.8 Å². The highest BCUT2D eigenvalue weighted by molar-refractivity contribution is 7.89. The zero-order chi connectivity index (χ0) is 22.2. The molecule has 0 radical (unpaired) electrons. The zero-order valence-electron chi connectivity index (χ0n) is 17.1. The fourth-order valence-corrected chi connectivity index (χ4v) is 5.41. The van der Waals surface area contributed by atoms with Crippen molar-refractivity contribution in [3.05, 3.63) is 59.7 Å². The van der Waals surface area contributed by atoms with Crippen LogP contribution in [0.4, 0.5) is 5.69 Å². The molecule has 2 heterocycles. The molecule has 4 rings (SSSR count). The van der Waals surface area contributed by atoms with Gasteiger partial charge in [-0.25, -0.2) is 8.42 Å². The second-order valence-corrected chi connectivity index (χ2v) is 9.62. The fraction of sp³-hybridized carbons (Fsp3) is 0.318. The third kappa shape index (κ3) is 3.86. The van der Waals surface area contributed by atoms with Crippen LogP contribution in [0.25, 0.3) is 0 Å². The molecular formula is C22H23N3O5S. The van der Waals surface area contributed by atoms with Gasteiger partial charge in [0.25, 0.3) is 11.8 Å². The molecule has 162 valence electrons. The Bertz CT molecular complexity index is 1100. The van der Waals surface area contributed by atoms with Crippen LogP contribution in [0.15, 0.2) is 53.4 Å². The predicted octanol–water partition coefficient (Wildman–Crippen LogP) is 2.48. The van der Waals surface area contributed by atoms with Crippen LogP contribution in [-0.2, 0) is 14.8 Å². The number of fused-ring (bicyclic) bond motifs is 1. The molecule has 1 unspecified atom stereocenters. The number of piperidine rings is 1. The van der Waals surface area contributed by atoms with E-state index in [0.29, 0.717) is 18.8 Å². The van der Waals surface area contributed by atoms with E-state index in [-0.39, 0.29) is 16.0 Å². The number of nitrogens with zero attached hydrogens (tertiary/aromatic N) is 2. The van der Waals surface area contributed by atoms with E-state index in [0.717, 1.165) is 24.2 Å². The summed E-state index contributed by atoms with van der Waals surface area (Å²) in [5.41, 5.74) is 0.935. The van der Waals surface area contributed by atoms with Crippen molar-refractivity contribution in [2.24, 2.45) is 0 Å². The second kappa shape index (κ2) is 8.24. The van der Waals surface area contributed by atoms with Gasteiger partial charge in [-0.15, -0.1) is 0 Å². The van der Waals surface area contributed by atoms with Crippen molar-refractivity contribution in [2.45, 2.75) is 37.1 Å². The smallest absolute Gasteiger partial charge is 0.262 e. The van der Waals surface area contributed by atoms with Gasteiger partial charge >= 0.3 is 0 Å². The Kier molecular flexibility index (Phi) is 5.63. The second-order valence-electron chi connectivity index (χ2n) is 7.68. The summed E-state index contributed by atoms with van der Waals surface area (Å²) in [6, 6.07) is 11.3. The molecule has 3 amide bonds. The highest BCUT2D eigenvalue weighted by Crippen LogP contribution is 2.26. The molecule has 2 aliphatic rings. The molecule has 1 fully saturated rings. The van der Waals surface area contributed by atoms with Crippen LogP contribution in [0, 0.1) is 0 Å². The van der Waals surface area contributed by atoms with Crippen LogP contribution in [0.1, 0.15) is 46.9 Å². The quantitative estimate of drug-likeness (QED) is 0.718. The van der Waals surface area contributed by atoms with Crippen LogP contribution in [0.2, 0.25) is 0 Å². The van der Waals surface area contributed by atoms with E-state index in [9.17, 15) is 22.8 Å². The van der Waals surface area contributed by atoms with Gasteiger partial charge in [-0.2, -0.15) is 4.31 Å². The average molecular weight is 442 g/mol. The number of benzene rings is 2. The third-order valence-corrected chi connectivity index (χ3v) is 7.58. The fourth-order valence-electron chi connectivity index (χ4n) is 3.89. The van der Waals surface area contributed by atoms with Gasteiger partial charge in [-0.3, -0.25) is 19.3 Å². The van der Waals surface area contributed by atoms with Crippen molar-refractivity contribution >= 4 is 33.4 Å². The van der Waals surface area contributed by atoms with Gasteiger partial charge in [0.15, 0.2) is 0 Å². The minimum absolute atomic E-state index is 0.167. The minimum atomic E-state index is -3.56. The molecule has 1 saturated heterocycles. The molecular weight excluding hydrogens is 418 g/mol. The summed E-state index contributed by atoms with van der Waals surface area (Å²) in [6.45, 7) is 2.50. The molecule has 2 aromatic rings. The van der Waals surface area contributed by atoms with E-state index in [2.05, 4.69) is 5.32 Å². The summed E-state index contributed by atoms with van der Waals surface area (Å²) in [6.07, 6.45) is 2.73. The van der Waals surface area contributed by atoms with Crippen LogP contribution >= 0.6 is 0 Å². The van der Waals surface area contributed by atoms with Crippen molar-refractivity contribution in [3.8, 4) is 0 Å². The number of anilines is 1. The SMILES string of the molecule is CC(C(=O)Nc1ccc(S(=O)(=O)N2CCCCC2)cc1)N1C(=O)c2ccccc2C1=O. The van der Waals surface area contributed by atoms with Gasteiger partial charge in [0.05, 0.1) is 16.0 Å². The van der Waals surface area contributed by atoms with Gasteiger partial charge in [-0.1, -0.05) is 18.6 Å². The van der Waals surface area contributed by atoms with Crippen LogP contribution in [0.5, 0.6) is 0 Å². The summed E-state index contributed by atoms with van der Waals surface area (Å²) < 4.78 is 27.0. The number of imide groups is 1. The van der Waals surface area contributed by atoms with Gasteiger partial charge in [0.2, 0.25) is 15.9 Å². The Morgan fingerprint density at radius 1 is 0.903 bits per heavy atom. The Balaban J connectivity index is 1.46. The van der Waals surface area contributed by atoms with Crippen molar-refractivity contribution in [2.75, 3.05) is 18.4 Å². The summed E-state index contributed by atoms with van der Waals surface area (Å²) >= 11 is 0. The first-order valence-electron chi connectivity index (χ1n) is 10.2. The lowest BCUT2D eigenvalue weighted by Gasteiger charge is -2.26.